The van der Waals surface area contributed by atoms with Gasteiger partial charge in [-0.1, -0.05) is 44.2 Å². The van der Waals surface area contributed by atoms with Crippen LogP contribution in [-0.4, -0.2) is 58.3 Å². The smallest absolute Gasteiger partial charge is 0.269 e. The molecule has 2 rings (SSSR count). The fourth-order valence-corrected chi connectivity index (χ4v) is 3.54. The van der Waals surface area contributed by atoms with Gasteiger partial charge in [-0.2, -0.15) is 0 Å². The zero-order valence-corrected chi connectivity index (χ0v) is 19.5. The number of hydrogen-bond acceptors (Lipinski definition) is 5. The Morgan fingerprint density at radius 1 is 1.00 bits per heavy atom. The lowest BCUT2D eigenvalue weighted by Crippen LogP contribution is -2.60. The van der Waals surface area contributed by atoms with Crippen molar-refractivity contribution in [1.29, 1.82) is 0 Å². The maximum absolute atomic E-state index is 13.5. The van der Waals surface area contributed by atoms with Crippen LogP contribution in [0.4, 0.5) is 5.69 Å². The van der Waals surface area contributed by atoms with Gasteiger partial charge in [0, 0.05) is 37.2 Å². The van der Waals surface area contributed by atoms with Gasteiger partial charge in [-0.25, -0.2) is 0 Å². The summed E-state index contributed by atoms with van der Waals surface area (Å²) in [5, 5.41) is 11.0. The summed E-state index contributed by atoms with van der Waals surface area (Å²) in [5.41, 5.74) is 5.61. The van der Waals surface area contributed by atoms with Gasteiger partial charge in [-0.15, -0.1) is 12.4 Å². The van der Waals surface area contributed by atoms with Crippen LogP contribution in [0.25, 0.3) is 0 Å². The molecule has 0 radical (unpaired) electrons. The molecule has 0 aliphatic heterocycles. The van der Waals surface area contributed by atoms with Gasteiger partial charge in [-0.05, 0) is 37.7 Å². The molecule has 2 amide bonds. The Morgan fingerprint density at radius 3 is 2.03 bits per heavy atom. The average Bonchev–Trinajstić information content (AvgIpc) is 2.77. The zero-order chi connectivity index (χ0) is 23.0. The van der Waals surface area contributed by atoms with Gasteiger partial charge in [0.2, 0.25) is 5.91 Å². The molecule has 0 bridgehead atoms. The highest BCUT2D eigenvalue weighted by molar-refractivity contribution is 5.99. The number of nitro benzene ring substituents is 1. The second-order valence-corrected chi connectivity index (χ2v) is 7.59. The number of rotatable bonds is 11. The number of halogens is 1. The molecule has 32 heavy (non-hydrogen) atoms. The molecule has 0 saturated heterocycles. The van der Waals surface area contributed by atoms with Gasteiger partial charge >= 0.3 is 0 Å². The highest BCUT2D eigenvalue weighted by Gasteiger charge is 2.41. The van der Waals surface area contributed by atoms with E-state index < -0.39 is 16.4 Å². The molecular formula is C23H31ClN4O4. The normalized spacial score (nSPS) is 12.5. The lowest BCUT2D eigenvalue weighted by molar-refractivity contribution is -0.384. The monoisotopic (exact) mass is 462 g/mol. The second-order valence-electron chi connectivity index (χ2n) is 7.59. The number of benzene rings is 2. The Hall–Kier alpha value is -2.97. The fourth-order valence-electron chi connectivity index (χ4n) is 3.54. The summed E-state index contributed by atoms with van der Waals surface area (Å²) in [6.07, 6.45) is 0.264. The van der Waals surface area contributed by atoms with Crippen molar-refractivity contribution in [3.05, 3.63) is 75.8 Å². The van der Waals surface area contributed by atoms with Gasteiger partial charge in [0.05, 0.1) is 4.92 Å². The van der Waals surface area contributed by atoms with Crippen molar-refractivity contribution in [2.45, 2.75) is 32.7 Å². The minimum Gasteiger partial charge on any atom is -0.368 e. The summed E-state index contributed by atoms with van der Waals surface area (Å²) in [7, 11) is 0. The predicted octanol–water partition coefficient (Wildman–Crippen LogP) is 3.29. The van der Waals surface area contributed by atoms with E-state index in [1.54, 1.807) is 6.92 Å². The number of likely N-dealkylation sites (N-methyl/N-ethyl adjacent to an activating group) is 1. The van der Waals surface area contributed by atoms with Crippen LogP contribution in [0.15, 0.2) is 54.6 Å². The van der Waals surface area contributed by atoms with E-state index >= 15 is 0 Å². The van der Waals surface area contributed by atoms with Crippen molar-refractivity contribution in [2.75, 3.05) is 26.2 Å². The molecule has 2 aromatic rings. The molecule has 0 fully saturated rings. The molecule has 2 aromatic carbocycles. The second kappa shape index (κ2) is 12.2. The summed E-state index contributed by atoms with van der Waals surface area (Å²) in [6, 6.07) is 14.8. The molecule has 0 saturated carbocycles. The van der Waals surface area contributed by atoms with Crippen molar-refractivity contribution < 1.29 is 14.5 Å². The van der Waals surface area contributed by atoms with Gasteiger partial charge in [0.15, 0.2) is 0 Å². The van der Waals surface area contributed by atoms with Gasteiger partial charge < -0.3 is 15.5 Å². The average molecular weight is 463 g/mol. The predicted molar refractivity (Wildman–Crippen MR) is 127 cm³/mol. The minimum absolute atomic E-state index is 0. The molecule has 0 aromatic heterocycles. The summed E-state index contributed by atoms with van der Waals surface area (Å²) in [5.74, 6) is -0.995. The molecule has 2 N–H and O–H groups in total. The van der Waals surface area contributed by atoms with Crippen LogP contribution >= 0.6 is 12.4 Å². The van der Waals surface area contributed by atoms with E-state index in [1.165, 1.54) is 29.2 Å². The van der Waals surface area contributed by atoms with Crippen molar-refractivity contribution in [2.24, 2.45) is 5.73 Å². The quantitative estimate of drug-likeness (QED) is 0.407. The van der Waals surface area contributed by atoms with E-state index in [1.807, 2.05) is 44.2 Å². The topological polar surface area (TPSA) is 110 Å². The molecule has 9 heteroatoms. The van der Waals surface area contributed by atoms with Crippen molar-refractivity contribution in [3.8, 4) is 0 Å². The molecule has 0 spiro atoms. The fraction of sp³-hybridized carbons (Fsp3) is 0.391. The Balaban J connectivity index is 0.00000512. The van der Waals surface area contributed by atoms with Crippen molar-refractivity contribution >= 4 is 29.9 Å². The Bertz CT molecular complexity index is 904. The maximum Gasteiger partial charge on any atom is 0.269 e. The third kappa shape index (κ3) is 6.51. The largest absolute Gasteiger partial charge is 0.368 e. The number of primary amides is 1. The van der Waals surface area contributed by atoms with Gasteiger partial charge in [0.1, 0.15) is 5.54 Å². The maximum atomic E-state index is 13.5. The number of non-ortho nitro benzene ring substituents is 1. The summed E-state index contributed by atoms with van der Waals surface area (Å²) >= 11 is 0. The standard InChI is InChI=1S/C23H30N4O4.ClH/c1-4-25(5-2)15-16-26(21(28)19-11-13-20(14-12-19)27(30)31)23(3,22(24)29)17-18-9-7-6-8-10-18;/h6-14H,4-5,15-17H2,1-3H3,(H2,24,29);1H. The molecule has 1 unspecified atom stereocenters. The van der Waals surface area contributed by atoms with E-state index in [4.69, 9.17) is 5.73 Å². The molecule has 8 nitrogen and oxygen atoms in total. The van der Waals surface area contributed by atoms with Gasteiger partial charge in [-0.3, -0.25) is 19.7 Å². The zero-order valence-electron chi connectivity index (χ0n) is 18.7. The first-order valence-electron chi connectivity index (χ1n) is 10.4. The van der Waals surface area contributed by atoms with E-state index in [-0.39, 0.29) is 36.0 Å². The van der Waals surface area contributed by atoms with E-state index in [2.05, 4.69) is 4.90 Å². The van der Waals surface area contributed by atoms with Crippen LogP contribution in [0, 0.1) is 10.1 Å². The molecule has 174 valence electrons. The van der Waals surface area contributed by atoms with Crippen LogP contribution < -0.4 is 5.73 Å². The number of carbonyl (C=O) groups excluding carboxylic acids is 2. The molecule has 1 atom stereocenters. The Morgan fingerprint density at radius 2 is 1.56 bits per heavy atom. The Kier molecular flexibility index (Phi) is 10.3. The first-order valence-corrected chi connectivity index (χ1v) is 10.4. The minimum atomic E-state index is -1.27. The molecule has 0 aliphatic carbocycles. The molecule has 0 heterocycles. The van der Waals surface area contributed by atoms with E-state index in [0.717, 1.165) is 18.7 Å². The van der Waals surface area contributed by atoms with Crippen LogP contribution in [0.3, 0.4) is 0 Å². The van der Waals surface area contributed by atoms with Gasteiger partial charge in [0.25, 0.3) is 11.6 Å². The summed E-state index contributed by atoms with van der Waals surface area (Å²) in [4.78, 5) is 40.2. The summed E-state index contributed by atoms with van der Waals surface area (Å²) in [6.45, 7) is 8.22. The number of nitro groups is 1. The lowest BCUT2D eigenvalue weighted by atomic mass is 9.89. The third-order valence-electron chi connectivity index (χ3n) is 5.62. The summed E-state index contributed by atoms with van der Waals surface area (Å²) < 4.78 is 0. The number of carbonyl (C=O) groups is 2. The Labute approximate surface area is 194 Å². The highest BCUT2D eigenvalue weighted by atomic mass is 35.5. The third-order valence-corrected chi connectivity index (χ3v) is 5.62. The molecular weight excluding hydrogens is 432 g/mol. The van der Waals surface area contributed by atoms with Crippen LogP contribution in [-0.2, 0) is 11.2 Å². The van der Waals surface area contributed by atoms with Crippen LogP contribution in [0.2, 0.25) is 0 Å². The van der Waals surface area contributed by atoms with Crippen LogP contribution in [0.1, 0.15) is 36.7 Å². The van der Waals surface area contributed by atoms with E-state index in [9.17, 15) is 19.7 Å². The lowest BCUT2D eigenvalue weighted by Gasteiger charge is -2.40. The molecule has 0 aliphatic rings. The number of hydrogen-bond donors (Lipinski definition) is 1. The van der Waals surface area contributed by atoms with Crippen molar-refractivity contribution in [1.82, 2.24) is 9.80 Å². The van der Waals surface area contributed by atoms with Crippen LogP contribution in [0.5, 0.6) is 0 Å². The number of amides is 2. The SMILES string of the molecule is CCN(CC)CCN(C(=O)c1ccc([N+](=O)[O-])cc1)C(C)(Cc1ccccc1)C(N)=O.Cl. The van der Waals surface area contributed by atoms with E-state index in [0.29, 0.717) is 13.1 Å². The van der Waals surface area contributed by atoms with Crippen molar-refractivity contribution in [3.63, 3.8) is 0 Å². The highest BCUT2D eigenvalue weighted by Crippen LogP contribution is 2.24. The first-order chi connectivity index (χ1) is 14.7. The first kappa shape index (κ1) is 27.1. The number of nitrogens with zero attached hydrogens (tertiary/aromatic N) is 3. The number of nitrogens with two attached hydrogens (primary N) is 1.